The van der Waals surface area contributed by atoms with Crippen molar-refractivity contribution < 1.29 is 0 Å². The van der Waals surface area contributed by atoms with Crippen molar-refractivity contribution in [2.24, 2.45) is 11.7 Å². The minimum absolute atomic E-state index is 0.138. The van der Waals surface area contributed by atoms with Gasteiger partial charge in [0.25, 0.3) is 0 Å². The van der Waals surface area contributed by atoms with E-state index in [1.165, 1.54) is 0 Å². The van der Waals surface area contributed by atoms with Gasteiger partial charge in [-0.25, -0.2) is 16.7 Å². The van der Waals surface area contributed by atoms with Gasteiger partial charge in [-0.05, 0) is 20.8 Å². The first-order chi connectivity index (χ1) is 7.97. The molecular weight excluding hydrogens is 220 g/mol. The van der Waals surface area contributed by atoms with E-state index >= 15 is 0 Å². The number of fused-ring (bicyclic) bond motifs is 1. The molecule has 0 aliphatic carbocycles. The van der Waals surface area contributed by atoms with E-state index in [0.29, 0.717) is 17.0 Å². The zero-order chi connectivity index (χ0) is 12.6. The van der Waals surface area contributed by atoms with Gasteiger partial charge in [-0.3, -0.25) is 5.43 Å². The van der Waals surface area contributed by atoms with Crippen molar-refractivity contribution in [2.75, 3.05) is 10.9 Å². The van der Waals surface area contributed by atoms with E-state index in [0.717, 1.165) is 0 Å². The third-order valence-electron chi connectivity index (χ3n) is 2.38. The number of hydrogen-bond acceptors (Lipinski definition) is 7. The number of nitrogens with two attached hydrogens (primary N) is 2. The van der Waals surface area contributed by atoms with Crippen molar-refractivity contribution >= 4 is 22.9 Å². The largest absolute Gasteiger partial charge is 0.310 e. The lowest BCUT2D eigenvalue weighted by Gasteiger charge is -2.21. The summed E-state index contributed by atoms with van der Waals surface area (Å²) >= 11 is 0. The average Bonchev–Trinajstić information content (AvgIpc) is 2.70. The van der Waals surface area contributed by atoms with E-state index < -0.39 is 0 Å². The highest BCUT2D eigenvalue weighted by molar-refractivity contribution is 5.84. The molecule has 0 spiro atoms. The second-order valence-corrected chi connectivity index (χ2v) is 4.64. The Morgan fingerprint density at radius 2 is 1.88 bits per heavy atom. The molecule has 0 saturated carbocycles. The van der Waals surface area contributed by atoms with Crippen LogP contribution in [-0.2, 0) is 5.54 Å². The van der Waals surface area contributed by atoms with Crippen LogP contribution in [0.25, 0.3) is 11.2 Å². The maximum atomic E-state index is 5.40. The number of aromatic nitrogens is 4. The zero-order valence-corrected chi connectivity index (χ0v) is 10.0. The summed E-state index contributed by atoms with van der Waals surface area (Å²) in [6, 6.07) is 0. The van der Waals surface area contributed by atoms with Crippen LogP contribution < -0.4 is 22.5 Å². The number of anilines is 2. The molecule has 0 fully saturated rings. The molecule has 6 N–H and O–H groups in total. The van der Waals surface area contributed by atoms with E-state index in [9.17, 15) is 0 Å². The fourth-order valence-electron chi connectivity index (χ4n) is 1.56. The van der Waals surface area contributed by atoms with Crippen LogP contribution in [0, 0.1) is 0 Å². The van der Waals surface area contributed by atoms with Crippen molar-refractivity contribution in [3.8, 4) is 0 Å². The smallest absolute Gasteiger partial charge is 0.241 e. The number of hydrazine groups is 2. The number of nitrogen functional groups attached to an aromatic ring is 2. The molecule has 17 heavy (non-hydrogen) atoms. The van der Waals surface area contributed by atoms with Crippen molar-refractivity contribution in [1.29, 1.82) is 0 Å². The van der Waals surface area contributed by atoms with Gasteiger partial charge in [0.05, 0.1) is 6.33 Å². The summed E-state index contributed by atoms with van der Waals surface area (Å²) in [6.45, 7) is 6.17. The van der Waals surface area contributed by atoms with Gasteiger partial charge in [-0.2, -0.15) is 9.97 Å². The first-order valence-corrected chi connectivity index (χ1v) is 5.16. The van der Waals surface area contributed by atoms with E-state index in [1.54, 1.807) is 6.33 Å². The molecule has 8 heteroatoms. The fourth-order valence-corrected chi connectivity index (χ4v) is 1.56. The number of rotatable bonds is 2. The predicted molar refractivity (Wildman–Crippen MR) is 65.9 cm³/mol. The second-order valence-electron chi connectivity index (χ2n) is 4.64. The highest BCUT2D eigenvalue weighted by atomic mass is 15.3. The van der Waals surface area contributed by atoms with E-state index in [1.807, 2.05) is 4.57 Å². The lowest BCUT2D eigenvalue weighted by atomic mass is 10.1. The van der Waals surface area contributed by atoms with Crippen LogP contribution in [0.4, 0.5) is 11.8 Å². The lowest BCUT2D eigenvalue weighted by molar-refractivity contribution is 0.406. The Bertz CT molecular complexity index is 538. The molecule has 2 rings (SSSR count). The first-order valence-electron chi connectivity index (χ1n) is 5.16. The number of nitrogens with zero attached hydrogens (tertiary/aromatic N) is 4. The lowest BCUT2D eigenvalue weighted by Crippen LogP contribution is -2.22. The third-order valence-corrected chi connectivity index (χ3v) is 2.38. The van der Waals surface area contributed by atoms with Crippen LogP contribution in [0.3, 0.4) is 0 Å². The molecule has 0 aliphatic heterocycles. The Labute approximate surface area is 98.4 Å². The van der Waals surface area contributed by atoms with Gasteiger partial charge in [0, 0.05) is 5.54 Å². The molecule has 0 radical (unpaired) electrons. The van der Waals surface area contributed by atoms with Crippen molar-refractivity contribution in [2.45, 2.75) is 26.3 Å². The molecule has 0 aromatic carbocycles. The quantitative estimate of drug-likeness (QED) is 0.433. The maximum Gasteiger partial charge on any atom is 0.241 e. The van der Waals surface area contributed by atoms with Crippen LogP contribution in [0.2, 0.25) is 0 Å². The van der Waals surface area contributed by atoms with Gasteiger partial charge in [0.15, 0.2) is 17.0 Å². The van der Waals surface area contributed by atoms with Crippen molar-refractivity contribution in [3.05, 3.63) is 6.33 Å². The van der Waals surface area contributed by atoms with Gasteiger partial charge in [0.1, 0.15) is 0 Å². The van der Waals surface area contributed by atoms with E-state index in [-0.39, 0.29) is 11.5 Å². The van der Waals surface area contributed by atoms with Gasteiger partial charge in [0.2, 0.25) is 5.95 Å². The maximum absolute atomic E-state index is 5.40. The standard InChI is InChI=1S/C9H16N8/c1-9(2,3)17-4-12-5-6(15-10)13-8(16-11)14-7(5)17/h4H,10-11H2,1-3H3,(H2,13,14,15,16). The van der Waals surface area contributed by atoms with Crippen LogP contribution in [-0.4, -0.2) is 19.5 Å². The van der Waals surface area contributed by atoms with Crippen LogP contribution in [0.1, 0.15) is 20.8 Å². The van der Waals surface area contributed by atoms with E-state index in [4.69, 9.17) is 11.7 Å². The molecule has 0 amide bonds. The second kappa shape index (κ2) is 3.82. The summed E-state index contributed by atoms with van der Waals surface area (Å²) in [7, 11) is 0. The molecule has 2 aromatic heterocycles. The van der Waals surface area contributed by atoms with Crippen molar-refractivity contribution in [3.63, 3.8) is 0 Å². The molecule has 0 unspecified atom stereocenters. The van der Waals surface area contributed by atoms with Gasteiger partial charge in [-0.15, -0.1) is 0 Å². The molecular formula is C9H16N8. The molecule has 0 bridgehead atoms. The third kappa shape index (κ3) is 1.87. The van der Waals surface area contributed by atoms with Gasteiger partial charge in [-0.1, -0.05) is 0 Å². The predicted octanol–water partition coefficient (Wildman–Crippen LogP) is 0.153. The number of nitrogens with one attached hydrogen (secondary N) is 2. The summed E-state index contributed by atoms with van der Waals surface area (Å²) < 4.78 is 1.94. The molecule has 0 aliphatic rings. The normalized spacial score (nSPS) is 11.8. The highest BCUT2D eigenvalue weighted by Crippen LogP contribution is 2.24. The monoisotopic (exact) mass is 236 g/mol. The Morgan fingerprint density at radius 3 is 2.41 bits per heavy atom. The molecule has 2 aromatic rings. The Morgan fingerprint density at radius 1 is 1.18 bits per heavy atom. The van der Waals surface area contributed by atoms with Crippen molar-refractivity contribution in [1.82, 2.24) is 19.5 Å². The van der Waals surface area contributed by atoms with Crippen LogP contribution in [0.5, 0.6) is 0 Å². The first kappa shape index (κ1) is 11.6. The SMILES string of the molecule is CC(C)(C)n1cnc2c(NN)nc(NN)nc21. The summed E-state index contributed by atoms with van der Waals surface area (Å²) in [5.41, 5.74) is 6.04. The summed E-state index contributed by atoms with van der Waals surface area (Å²) in [5.74, 6) is 11.4. The molecule has 0 saturated heterocycles. The Balaban J connectivity index is 2.75. The van der Waals surface area contributed by atoms with Gasteiger partial charge < -0.3 is 9.99 Å². The summed E-state index contributed by atoms with van der Waals surface area (Å²) in [4.78, 5) is 12.6. The number of hydrogen-bond donors (Lipinski definition) is 4. The molecule has 0 atom stereocenters. The number of imidazole rings is 1. The Hall–Kier alpha value is -1.93. The zero-order valence-electron chi connectivity index (χ0n) is 10.0. The molecule has 8 nitrogen and oxygen atoms in total. The minimum atomic E-state index is -0.138. The topological polar surface area (TPSA) is 120 Å². The fraction of sp³-hybridized carbons (Fsp3) is 0.444. The van der Waals surface area contributed by atoms with Crippen LogP contribution in [0.15, 0.2) is 6.33 Å². The Kier molecular flexibility index (Phi) is 2.60. The average molecular weight is 236 g/mol. The summed E-state index contributed by atoms with van der Waals surface area (Å²) in [5, 5.41) is 0. The highest BCUT2D eigenvalue weighted by Gasteiger charge is 2.19. The molecule has 92 valence electrons. The van der Waals surface area contributed by atoms with Gasteiger partial charge >= 0.3 is 0 Å². The van der Waals surface area contributed by atoms with Crippen LogP contribution >= 0.6 is 0 Å². The van der Waals surface area contributed by atoms with E-state index in [2.05, 4.69) is 46.6 Å². The molecule has 2 heterocycles. The minimum Gasteiger partial charge on any atom is -0.310 e. The summed E-state index contributed by atoms with van der Waals surface area (Å²) in [6.07, 6.45) is 1.71.